The number of amides is 3. The second-order valence-electron chi connectivity index (χ2n) is 9.36. The summed E-state index contributed by atoms with van der Waals surface area (Å²) in [6.07, 6.45) is 0. The van der Waals surface area contributed by atoms with Gasteiger partial charge in [0.25, 0.3) is 5.91 Å². The molecule has 0 aromatic heterocycles. The Hall–Kier alpha value is -3.42. The highest BCUT2D eigenvalue weighted by molar-refractivity contribution is 6.01. The third-order valence-corrected chi connectivity index (χ3v) is 6.61. The number of halogens is 1. The van der Waals surface area contributed by atoms with E-state index in [4.69, 9.17) is 0 Å². The molecule has 3 amide bonds. The van der Waals surface area contributed by atoms with Crippen molar-refractivity contribution in [2.75, 3.05) is 12.4 Å². The number of nitrogens with zero attached hydrogens (tertiary/aromatic N) is 1. The molecule has 0 saturated heterocycles. The Bertz CT molecular complexity index is 1260. The van der Waals surface area contributed by atoms with Crippen molar-refractivity contribution in [3.05, 3.63) is 77.9 Å². The van der Waals surface area contributed by atoms with Gasteiger partial charge in [-0.25, -0.2) is 0 Å². The summed E-state index contributed by atoms with van der Waals surface area (Å²) >= 11 is 0. The molecule has 190 valence electrons. The number of likely N-dealkylation sites (N-methyl/N-ethyl adjacent to an activating group) is 1. The van der Waals surface area contributed by atoms with Crippen LogP contribution < -0.4 is 16.0 Å². The van der Waals surface area contributed by atoms with Crippen LogP contribution in [0.1, 0.15) is 37.9 Å². The van der Waals surface area contributed by atoms with Gasteiger partial charge < -0.3 is 20.9 Å². The van der Waals surface area contributed by atoms with E-state index in [1.807, 2.05) is 80.6 Å². The molecule has 0 radical (unpaired) electrons. The minimum atomic E-state index is -0.787. The highest BCUT2D eigenvalue weighted by Gasteiger charge is 2.41. The van der Waals surface area contributed by atoms with Gasteiger partial charge in [-0.1, -0.05) is 68.4 Å². The smallest absolute Gasteiger partial charge is 0.251 e. The van der Waals surface area contributed by atoms with Crippen LogP contribution in [-0.2, 0) is 20.9 Å². The van der Waals surface area contributed by atoms with Gasteiger partial charge in [-0.05, 0) is 53.9 Å². The monoisotopic (exact) mass is 508 g/mol. The minimum Gasteiger partial charge on any atom is -0.343 e. The maximum absolute atomic E-state index is 13.8. The summed E-state index contributed by atoms with van der Waals surface area (Å²) < 4.78 is 0. The van der Waals surface area contributed by atoms with Gasteiger partial charge in [-0.15, -0.1) is 12.4 Å². The van der Waals surface area contributed by atoms with E-state index in [9.17, 15) is 14.4 Å². The molecule has 0 fully saturated rings. The first-order chi connectivity index (χ1) is 16.8. The topological polar surface area (TPSA) is 90.5 Å². The molecule has 0 bridgehead atoms. The molecule has 3 aromatic rings. The van der Waals surface area contributed by atoms with E-state index in [0.29, 0.717) is 12.2 Å². The summed E-state index contributed by atoms with van der Waals surface area (Å²) in [5, 5.41) is 10.9. The summed E-state index contributed by atoms with van der Waals surface area (Å²) in [4.78, 5) is 41.5. The molecule has 7 nitrogen and oxygen atoms in total. The quantitative estimate of drug-likeness (QED) is 0.449. The molecule has 0 aliphatic carbocycles. The van der Waals surface area contributed by atoms with Crippen molar-refractivity contribution >= 4 is 46.6 Å². The SMILES string of the molecule is CN[C@@H](C)C(=O)N[C@H](C(=O)N1Cc2ccccc2[C@H]1C(=O)Nc1ccc2ccccc2c1)C(C)C.Cl. The lowest BCUT2D eigenvalue weighted by molar-refractivity contribution is -0.143. The average Bonchev–Trinajstić information content (AvgIpc) is 3.25. The number of anilines is 1. The molecule has 0 spiro atoms. The predicted octanol–water partition coefficient (Wildman–Crippen LogP) is 4.03. The Balaban J connectivity index is 0.00000361. The van der Waals surface area contributed by atoms with Gasteiger partial charge in [0.2, 0.25) is 11.8 Å². The molecule has 3 N–H and O–H groups in total. The number of carbonyl (C=O) groups excluding carboxylic acids is 3. The van der Waals surface area contributed by atoms with Gasteiger partial charge in [-0.3, -0.25) is 14.4 Å². The van der Waals surface area contributed by atoms with Crippen LogP contribution in [0.4, 0.5) is 5.69 Å². The van der Waals surface area contributed by atoms with E-state index < -0.39 is 18.1 Å². The third-order valence-electron chi connectivity index (χ3n) is 6.61. The lowest BCUT2D eigenvalue weighted by Crippen LogP contribution is -2.55. The van der Waals surface area contributed by atoms with Gasteiger partial charge in [0, 0.05) is 12.2 Å². The molecule has 1 heterocycles. The zero-order valence-electron chi connectivity index (χ0n) is 20.9. The number of nitrogens with one attached hydrogen (secondary N) is 3. The number of rotatable bonds is 7. The van der Waals surface area contributed by atoms with Crippen LogP contribution in [0.3, 0.4) is 0 Å². The molecule has 8 heteroatoms. The summed E-state index contributed by atoms with van der Waals surface area (Å²) in [5.74, 6) is -0.959. The van der Waals surface area contributed by atoms with Gasteiger partial charge in [0.15, 0.2) is 0 Å². The molecule has 1 aliphatic heterocycles. The largest absolute Gasteiger partial charge is 0.343 e. The van der Waals surface area contributed by atoms with E-state index in [0.717, 1.165) is 21.9 Å². The Morgan fingerprint density at radius 1 is 0.917 bits per heavy atom. The number of benzene rings is 3. The third kappa shape index (κ3) is 5.53. The molecule has 1 aliphatic rings. The van der Waals surface area contributed by atoms with Crippen molar-refractivity contribution in [1.82, 2.24) is 15.5 Å². The van der Waals surface area contributed by atoms with E-state index in [1.165, 1.54) is 0 Å². The second-order valence-corrected chi connectivity index (χ2v) is 9.36. The number of hydrogen-bond acceptors (Lipinski definition) is 4. The fraction of sp³-hybridized carbons (Fsp3) is 0.321. The Morgan fingerprint density at radius 2 is 1.58 bits per heavy atom. The molecule has 3 atom stereocenters. The highest BCUT2D eigenvalue weighted by atomic mass is 35.5. The van der Waals surface area contributed by atoms with Crippen LogP contribution in [0.25, 0.3) is 10.8 Å². The molecule has 0 unspecified atom stereocenters. The molecular weight excluding hydrogens is 476 g/mol. The van der Waals surface area contributed by atoms with Crippen molar-refractivity contribution in [2.45, 2.75) is 45.4 Å². The Morgan fingerprint density at radius 3 is 2.28 bits per heavy atom. The van der Waals surface area contributed by atoms with Gasteiger partial charge in [0.05, 0.1) is 6.04 Å². The first kappa shape index (κ1) is 27.2. The zero-order valence-corrected chi connectivity index (χ0v) is 21.8. The molecule has 36 heavy (non-hydrogen) atoms. The first-order valence-electron chi connectivity index (χ1n) is 12.0. The minimum absolute atomic E-state index is 0. The van der Waals surface area contributed by atoms with Crippen LogP contribution in [0.5, 0.6) is 0 Å². The summed E-state index contributed by atoms with van der Waals surface area (Å²) in [6, 6.07) is 19.3. The average molecular weight is 509 g/mol. The Kier molecular flexibility index (Phi) is 8.71. The fourth-order valence-corrected chi connectivity index (χ4v) is 4.45. The second kappa shape index (κ2) is 11.5. The van der Waals surface area contributed by atoms with Crippen molar-refractivity contribution in [3.8, 4) is 0 Å². The summed E-state index contributed by atoms with van der Waals surface area (Å²) in [7, 11) is 1.70. The standard InChI is InChI=1S/C28H32N4O3.ClH/c1-17(2)24(31-26(33)18(3)29-4)28(35)32-16-21-11-7-8-12-23(21)25(32)27(34)30-22-14-13-19-9-5-6-10-20(19)15-22;/h5-15,17-18,24-25,29H,16H2,1-4H3,(H,30,34)(H,31,33);1H/t18-,24-,25-;/m0./s1. The van der Waals surface area contributed by atoms with Crippen LogP contribution in [-0.4, -0.2) is 41.8 Å². The first-order valence-corrected chi connectivity index (χ1v) is 12.0. The molecular formula is C28H33ClN4O3. The van der Waals surface area contributed by atoms with E-state index in [-0.39, 0.29) is 36.0 Å². The van der Waals surface area contributed by atoms with Crippen LogP contribution >= 0.6 is 12.4 Å². The maximum Gasteiger partial charge on any atom is 0.251 e. The van der Waals surface area contributed by atoms with Crippen molar-refractivity contribution in [2.24, 2.45) is 5.92 Å². The van der Waals surface area contributed by atoms with Crippen molar-refractivity contribution in [1.29, 1.82) is 0 Å². The molecule has 4 rings (SSSR count). The van der Waals surface area contributed by atoms with Crippen molar-refractivity contribution in [3.63, 3.8) is 0 Å². The Labute approximate surface area is 218 Å². The number of fused-ring (bicyclic) bond motifs is 2. The summed E-state index contributed by atoms with van der Waals surface area (Å²) in [5.41, 5.74) is 2.40. The molecule has 0 saturated carbocycles. The van der Waals surface area contributed by atoms with Crippen LogP contribution in [0, 0.1) is 5.92 Å². The van der Waals surface area contributed by atoms with E-state index >= 15 is 0 Å². The molecule has 3 aromatic carbocycles. The van der Waals surface area contributed by atoms with Gasteiger partial charge in [0.1, 0.15) is 12.1 Å². The predicted molar refractivity (Wildman–Crippen MR) is 145 cm³/mol. The van der Waals surface area contributed by atoms with Gasteiger partial charge >= 0.3 is 0 Å². The van der Waals surface area contributed by atoms with E-state index in [1.54, 1.807) is 18.9 Å². The van der Waals surface area contributed by atoms with Crippen LogP contribution in [0.15, 0.2) is 66.7 Å². The maximum atomic E-state index is 13.8. The number of hydrogen-bond donors (Lipinski definition) is 3. The van der Waals surface area contributed by atoms with Crippen molar-refractivity contribution < 1.29 is 14.4 Å². The normalized spacial score (nSPS) is 16.1. The lowest BCUT2D eigenvalue weighted by atomic mass is 10.0. The summed E-state index contributed by atoms with van der Waals surface area (Å²) in [6.45, 7) is 5.83. The number of carbonyl (C=O) groups is 3. The van der Waals surface area contributed by atoms with Crippen LogP contribution in [0.2, 0.25) is 0 Å². The van der Waals surface area contributed by atoms with Gasteiger partial charge in [-0.2, -0.15) is 0 Å². The zero-order chi connectivity index (χ0) is 25.1. The van der Waals surface area contributed by atoms with E-state index in [2.05, 4.69) is 16.0 Å². The fourth-order valence-electron chi connectivity index (χ4n) is 4.45. The highest BCUT2D eigenvalue weighted by Crippen LogP contribution is 2.35. The lowest BCUT2D eigenvalue weighted by Gasteiger charge is -2.31.